The highest BCUT2D eigenvalue weighted by Gasteiger charge is 2.38. The van der Waals surface area contributed by atoms with Gasteiger partial charge in [-0.05, 0) is 17.9 Å². The molecule has 2 N–H and O–H groups in total. The lowest BCUT2D eigenvalue weighted by atomic mass is 10.0. The first-order chi connectivity index (χ1) is 8.24. The number of hydrogen-bond donors (Lipinski definition) is 2. The molecule has 1 aromatic rings. The number of carbonyl (C=O) groups excluding carboxylic acids is 1. The van der Waals surface area contributed by atoms with Gasteiger partial charge in [0.15, 0.2) is 0 Å². The van der Waals surface area contributed by atoms with Gasteiger partial charge < -0.3 is 15.2 Å². The average molecular weight is 233 g/mol. The lowest BCUT2D eigenvalue weighted by Gasteiger charge is -2.17. The van der Waals surface area contributed by atoms with Gasteiger partial charge >= 0.3 is 0 Å². The van der Waals surface area contributed by atoms with Crippen LogP contribution < -0.4 is 10.9 Å². The average Bonchev–Trinajstić information content (AvgIpc) is 2.89. The summed E-state index contributed by atoms with van der Waals surface area (Å²) in [6.45, 7) is 3.69. The molecule has 2 aliphatic rings. The minimum absolute atomic E-state index is 0.0238. The number of aromatic amines is 1. The van der Waals surface area contributed by atoms with Crippen LogP contribution in [0.3, 0.4) is 0 Å². The molecular weight excluding hydrogens is 218 g/mol. The van der Waals surface area contributed by atoms with Crippen molar-refractivity contribution < 1.29 is 4.79 Å². The molecule has 0 aliphatic carbocycles. The van der Waals surface area contributed by atoms with Gasteiger partial charge in [0.2, 0.25) is 5.56 Å². The smallest absolute Gasteiger partial charge is 0.255 e. The Kier molecular flexibility index (Phi) is 2.48. The summed E-state index contributed by atoms with van der Waals surface area (Å²) in [7, 11) is 0. The molecule has 90 valence electrons. The summed E-state index contributed by atoms with van der Waals surface area (Å²) in [5.41, 5.74) is 0.390. The monoisotopic (exact) mass is 233 g/mol. The van der Waals surface area contributed by atoms with E-state index in [1.807, 2.05) is 4.90 Å². The van der Waals surface area contributed by atoms with Crippen LogP contribution in [0.5, 0.6) is 0 Å². The van der Waals surface area contributed by atoms with Gasteiger partial charge in [-0.3, -0.25) is 9.59 Å². The fourth-order valence-electron chi connectivity index (χ4n) is 2.75. The molecule has 3 rings (SSSR count). The fourth-order valence-corrected chi connectivity index (χ4v) is 2.75. The minimum atomic E-state index is -0.177. The molecule has 17 heavy (non-hydrogen) atoms. The topological polar surface area (TPSA) is 65.2 Å². The summed E-state index contributed by atoms with van der Waals surface area (Å²) in [6, 6.07) is 2.99. The highest BCUT2D eigenvalue weighted by atomic mass is 16.2. The molecule has 2 fully saturated rings. The zero-order valence-corrected chi connectivity index (χ0v) is 9.48. The van der Waals surface area contributed by atoms with Crippen molar-refractivity contribution in [2.75, 3.05) is 26.2 Å². The Bertz CT molecular complexity index is 464. The quantitative estimate of drug-likeness (QED) is 0.698. The molecule has 1 aromatic heterocycles. The van der Waals surface area contributed by atoms with Gasteiger partial charge in [-0.1, -0.05) is 0 Å². The summed E-state index contributed by atoms with van der Waals surface area (Å²) >= 11 is 0. The molecular formula is C12H15N3O2. The third-order valence-corrected chi connectivity index (χ3v) is 3.71. The number of rotatable bonds is 1. The Balaban J connectivity index is 1.75. The molecule has 0 bridgehead atoms. The zero-order valence-electron chi connectivity index (χ0n) is 9.48. The Morgan fingerprint density at radius 2 is 1.94 bits per heavy atom. The molecule has 0 aromatic carbocycles. The van der Waals surface area contributed by atoms with E-state index in [9.17, 15) is 9.59 Å². The van der Waals surface area contributed by atoms with Gasteiger partial charge in [-0.15, -0.1) is 0 Å². The fraction of sp³-hybridized carbons (Fsp3) is 0.500. The Morgan fingerprint density at radius 3 is 2.53 bits per heavy atom. The minimum Gasteiger partial charge on any atom is -0.338 e. The van der Waals surface area contributed by atoms with Crippen LogP contribution in [-0.4, -0.2) is 42.0 Å². The van der Waals surface area contributed by atoms with E-state index in [0.717, 1.165) is 26.2 Å². The number of fused-ring (bicyclic) bond motifs is 1. The van der Waals surface area contributed by atoms with Crippen LogP contribution in [0.4, 0.5) is 0 Å². The van der Waals surface area contributed by atoms with Crippen molar-refractivity contribution >= 4 is 5.91 Å². The van der Waals surface area contributed by atoms with Gasteiger partial charge in [-0.25, -0.2) is 0 Å². The number of carbonyl (C=O) groups is 1. The van der Waals surface area contributed by atoms with E-state index in [4.69, 9.17) is 0 Å². The lowest BCUT2D eigenvalue weighted by molar-refractivity contribution is 0.0781. The standard InChI is InChI=1S/C12H15N3O2/c16-11-2-1-8(5-14-11)12(17)15-6-9-3-13-4-10(9)7-15/h1-2,5,9-10,13H,3-4,6-7H2,(H,14,16)/t9-,10+. The summed E-state index contributed by atoms with van der Waals surface area (Å²) in [5, 5.41) is 3.35. The Hall–Kier alpha value is -1.62. The summed E-state index contributed by atoms with van der Waals surface area (Å²) in [4.78, 5) is 27.5. The van der Waals surface area contributed by atoms with Crippen molar-refractivity contribution in [2.45, 2.75) is 0 Å². The van der Waals surface area contributed by atoms with Crippen molar-refractivity contribution in [2.24, 2.45) is 11.8 Å². The van der Waals surface area contributed by atoms with E-state index in [1.165, 1.54) is 12.3 Å². The number of amides is 1. The van der Waals surface area contributed by atoms with E-state index < -0.39 is 0 Å². The van der Waals surface area contributed by atoms with E-state index in [-0.39, 0.29) is 11.5 Å². The van der Waals surface area contributed by atoms with Gasteiger partial charge in [0.05, 0.1) is 5.56 Å². The molecule has 3 heterocycles. The van der Waals surface area contributed by atoms with Crippen LogP contribution in [0.15, 0.2) is 23.1 Å². The molecule has 2 aliphatic heterocycles. The zero-order chi connectivity index (χ0) is 11.8. The number of hydrogen-bond acceptors (Lipinski definition) is 3. The second kappa shape index (κ2) is 4.00. The first-order valence-corrected chi connectivity index (χ1v) is 5.93. The molecule has 0 radical (unpaired) electrons. The molecule has 0 unspecified atom stereocenters. The normalized spacial score (nSPS) is 27.2. The SMILES string of the molecule is O=C(c1ccc(=O)[nH]c1)N1C[C@H]2CNC[C@H]2C1. The van der Waals surface area contributed by atoms with Gasteiger partial charge in [-0.2, -0.15) is 0 Å². The van der Waals surface area contributed by atoms with Crippen LogP contribution in [0.1, 0.15) is 10.4 Å². The molecule has 0 spiro atoms. The molecule has 5 heteroatoms. The van der Waals surface area contributed by atoms with Gasteiger partial charge in [0, 0.05) is 38.4 Å². The van der Waals surface area contributed by atoms with Crippen LogP contribution in [0, 0.1) is 11.8 Å². The molecule has 0 saturated carbocycles. The summed E-state index contributed by atoms with van der Waals surface area (Å²) in [6.07, 6.45) is 1.50. The van der Waals surface area contributed by atoms with Crippen molar-refractivity contribution in [3.8, 4) is 0 Å². The maximum Gasteiger partial charge on any atom is 0.255 e. The number of H-pyrrole nitrogens is 1. The third-order valence-electron chi connectivity index (χ3n) is 3.71. The van der Waals surface area contributed by atoms with E-state index in [2.05, 4.69) is 10.3 Å². The van der Waals surface area contributed by atoms with Crippen molar-refractivity contribution in [3.63, 3.8) is 0 Å². The second-order valence-corrected chi connectivity index (χ2v) is 4.83. The highest BCUT2D eigenvalue weighted by molar-refractivity contribution is 5.94. The largest absolute Gasteiger partial charge is 0.338 e. The van der Waals surface area contributed by atoms with E-state index >= 15 is 0 Å². The Labute approximate surface area is 98.8 Å². The molecule has 5 nitrogen and oxygen atoms in total. The maximum absolute atomic E-state index is 12.2. The molecule has 2 saturated heterocycles. The van der Waals surface area contributed by atoms with Crippen molar-refractivity contribution in [1.29, 1.82) is 0 Å². The Morgan fingerprint density at radius 1 is 1.24 bits per heavy atom. The lowest BCUT2D eigenvalue weighted by Crippen LogP contribution is -2.32. The van der Waals surface area contributed by atoms with Crippen LogP contribution in [-0.2, 0) is 0 Å². The number of nitrogens with zero attached hydrogens (tertiary/aromatic N) is 1. The van der Waals surface area contributed by atoms with Gasteiger partial charge in [0.1, 0.15) is 0 Å². The number of pyridine rings is 1. The predicted molar refractivity (Wildman–Crippen MR) is 62.8 cm³/mol. The number of nitrogens with one attached hydrogen (secondary N) is 2. The third kappa shape index (κ3) is 1.86. The highest BCUT2D eigenvalue weighted by Crippen LogP contribution is 2.27. The van der Waals surface area contributed by atoms with Gasteiger partial charge in [0.25, 0.3) is 5.91 Å². The van der Waals surface area contributed by atoms with E-state index in [1.54, 1.807) is 6.07 Å². The molecule has 2 atom stereocenters. The van der Waals surface area contributed by atoms with Crippen LogP contribution in [0.2, 0.25) is 0 Å². The number of aromatic nitrogens is 1. The first kappa shape index (κ1) is 10.5. The van der Waals surface area contributed by atoms with Crippen molar-refractivity contribution in [1.82, 2.24) is 15.2 Å². The van der Waals surface area contributed by atoms with Crippen LogP contribution >= 0.6 is 0 Å². The van der Waals surface area contributed by atoms with Crippen molar-refractivity contribution in [3.05, 3.63) is 34.2 Å². The summed E-state index contributed by atoms with van der Waals surface area (Å²) < 4.78 is 0. The second-order valence-electron chi connectivity index (χ2n) is 4.83. The molecule has 1 amide bonds. The maximum atomic E-state index is 12.2. The van der Waals surface area contributed by atoms with Crippen LogP contribution in [0.25, 0.3) is 0 Å². The number of likely N-dealkylation sites (tertiary alicyclic amines) is 1. The predicted octanol–water partition coefficient (Wildman–Crippen LogP) is -0.334. The first-order valence-electron chi connectivity index (χ1n) is 5.93. The van der Waals surface area contributed by atoms with E-state index in [0.29, 0.717) is 17.4 Å². The summed E-state index contributed by atoms with van der Waals surface area (Å²) in [5.74, 6) is 1.22.